The van der Waals surface area contributed by atoms with Gasteiger partial charge in [-0.25, -0.2) is 42.3 Å². The van der Waals surface area contributed by atoms with Crippen LogP contribution < -0.4 is 0 Å². The number of hydrogen-bond acceptors (Lipinski definition) is 8. The van der Waals surface area contributed by atoms with E-state index in [1.807, 2.05) is 6.92 Å². The van der Waals surface area contributed by atoms with Gasteiger partial charge in [0, 0.05) is 51.4 Å². The van der Waals surface area contributed by atoms with Crippen LogP contribution in [0.2, 0.25) is 0 Å². The van der Waals surface area contributed by atoms with Gasteiger partial charge in [-0.05, 0) is 119 Å². The van der Waals surface area contributed by atoms with Gasteiger partial charge in [-0.3, -0.25) is 0 Å². The summed E-state index contributed by atoms with van der Waals surface area (Å²) < 4.78 is 100. The van der Waals surface area contributed by atoms with E-state index < -0.39 is 40.1 Å². The first kappa shape index (κ1) is 47.7. The largest absolute Gasteiger partial charge is 0.216 e. The van der Waals surface area contributed by atoms with Crippen molar-refractivity contribution in [3.05, 3.63) is 0 Å². The smallest absolute Gasteiger partial charge is 0.212 e. The second-order valence-corrected chi connectivity index (χ2v) is 25.3. The zero-order valence-corrected chi connectivity index (χ0v) is 36.5. The lowest BCUT2D eigenvalue weighted by Crippen LogP contribution is -2.39. The summed E-state index contributed by atoms with van der Waals surface area (Å²) in [5.74, 6) is 1.10. The van der Waals surface area contributed by atoms with Crippen molar-refractivity contribution in [1.29, 1.82) is 0 Å². The van der Waals surface area contributed by atoms with Crippen molar-refractivity contribution in [1.82, 2.24) is 17.2 Å². The van der Waals surface area contributed by atoms with E-state index in [1.165, 1.54) is 0 Å². The van der Waals surface area contributed by atoms with Crippen molar-refractivity contribution in [2.45, 2.75) is 168 Å². The van der Waals surface area contributed by atoms with Gasteiger partial charge in [-0.2, -0.15) is 8.61 Å². The third-order valence-electron chi connectivity index (χ3n) is 10.3. The summed E-state index contributed by atoms with van der Waals surface area (Å²) in [6.45, 7) is 26.5. The van der Waals surface area contributed by atoms with Crippen LogP contribution in [-0.2, 0) is 40.1 Å². The molecule has 12 nitrogen and oxygen atoms in total. The molecule has 4 unspecified atom stereocenters. The molecule has 0 aliphatic carbocycles. The molecule has 16 heteroatoms. The Kier molecular flexibility index (Phi) is 19.4. The first-order chi connectivity index (χ1) is 22.9. The van der Waals surface area contributed by atoms with Crippen LogP contribution in [-0.4, -0.2) is 123 Å². The highest BCUT2D eigenvalue weighted by molar-refractivity contribution is 7.90. The zero-order chi connectivity index (χ0) is 38.8. The number of sulfonamides is 4. The summed E-state index contributed by atoms with van der Waals surface area (Å²) in [7, 11) is -12.0. The summed E-state index contributed by atoms with van der Waals surface area (Å²) in [6, 6.07) is 0.463. The Morgan fingerprint density at radius 2 is 0.920 bits per heavy atom. The van der Waals surface area contributed by atoms with Crippen LogP contribution in [0.25, 0.3) is 0 Å². The molecule has 4 fully saturated rings. The van der Waals surface area contributed by atoms with E-state index >= 15 is 0 Å². The molecular formula is C34H72N4O8S4. The molecular weight excluding hydrogens is 721 g/mol. The molecule has 0 N–H and O–H groups in total. The molecule has 0 aromatic carbocycles. The van der Waals surface area contributed by atoms with Crippen molar-refractivity contribution < 1.29 is 33.7 Å². The van der Waals surface area contributed by atoms with Crippen LogP contribution in [0.15, 0.2) is 0 Å². The summed E-state index contributed by atoms with van der Waals surface area (Å²) >= 11 is 0. The van der Waals surface area contributed by atoms with Gasteiger partial charge in [0.15, 0.2) is 0 Å². The molecule has 300 valence electrons. The molecule has 0 saturated carbocycles. The van der Waals surface area contributed by atoms with Crippen LogP contribution in [0.1, 0.15) is 134 Å². The quantitative estimate of drug-likeness (QED) is 0.288. The van der Waals surface area contributed by atoms with Gasteiger partial charge in [0.05, 0.1) is 21.0 Å². The molecule has 4 aliphatic rings. The average Bonchev–Trinajstić information content (AvgIpc) is 3.85. The minimum atomic E-state index is -3.00. The van der Waals surface area contributed by atoms with Gasteiger partial charge < -0.3 is 0 Å². The minimum absolute atomic E-state index is 0.206. The summed E-state index contributed by atoms with van der Waals surface area (Å²) in [5, 5.41) is -1.11. The second kappa shape index (κ2) is 20.4. The van der Waals surface area contributed by atoms with E-state index in [0.29, 0.717) is 31.5 Å². The number of hydrogen-bond donors (Lipinski definition) is 0. The molecule has 0 amide bonds. The predicted octanol–water partition coefficient (Wildman–Crippen LogP) is 5.33. The highest BCUT2D eigenvalue weighted by Gasteiger charge is 2.36. The Bertz CT molecular complexity index is 1450. The zero-order valence-electron chi connectivity index (χ0n) is 33.2. The lowest BCUT2D eigenvalue weighted by atomic mass is 10.1. The summed E-state index contributed by atoms with van der Waals surface area (Å²) in [5.41, 5.74) is 0. The molecule has 0 radical (unpaired) electrons. The van der Waals surface area contributed by atoms with E-state index in [9.17, 15) is 33.7 Å². The van der Waals surface area contributed by atoms with E-state index in [4.69, 9.17) is 0 Å². The lowest BCUT2D eigenvalue weighted by molar-refractivity contribution is 0.376. The molecule has 4 heterocycles. The van der Waals surface area contributed by atoms with Crippen LogP contribution >= 0.6 is 0 Å². The molecule has 4 saturated heterocycles. The average molecular weight is 793 g/mol. The van der Waals surface area contributed by atoms with Crippen molar-refractivity contribution in [3.63, 3.8) is 0 Å². The maximum Gasteiger partial charge on any atom is 0.216 e. The highest BCUT2D eigenvalue weighted by Crippen LogP contribution is 2.26. The third-order valence-corrected chi connectivity index (χ3v) is 19.5. The van der Waals surface area contributed by atoms with Crippen molar-refractivity contribution >= 4 is 40.1 Å². The first-order valence-electron chi connectivity index (χ1n) is 18.9. The molecule has 4 aliphatic heterocycles. The normalized spacial score (nSPS) is 26.2. The fraction of sp³-hybridized carbons (Fsp3) is 1.00. The molecule has 4 rings (SSSR count). The maximum absolute atomic E-state index is 11.8. The van der Waals surface area contributed by atoms with Crippen molar-refractivity contribution in [3.8, 4) is 0 Å². The van der Waals surface area contributed by atoms with Gasteiger partial charge in [-0.1, -0.05) is 27.2 Å². The Hall–Kier alpha value is -0.360. The molecule has 0 bridgehead atoms. The van der Waals surface area contributed by atoms with E-state index in [1.54, 1.807) is 72.6 Å². The summed E-state index contributed by atoms with van der Waals surface area (Å²) in [6.07, 6.45) is 8.12. The van der Waals surface area contributed by atoms with Gasteiger partial charge in [0.2, 0.25) is 40.1 Å². The van der Waals surface area contributed by atoms with E-state index in [-0.39, 0.29) is 33.1 Å². The molecule has 0 spiro atoms. The van der Waals surface area contributed by atoms with Gasteiger partial charge in [0.25, 0.3) is 0 Å². The van der Waals surface area contributed by atoms with Gasteiger partial charge >= 0.3 is 0 Å². The van der Waals surface area contributed by atoms with Crippen LogP contribution in [0.5, 0.6) is 0 Å². The minimum Gasteiger partial charge on any atom is -0.212 e. The Balaban J connectivity index is 0.000000334. The Labute approximate surface area is 308 Å². The highest BCUT2D eigenvalue weighted by atomic mass is 32.2. The molecule has 0 aromatic heterocycles. The Morgan fingerprint density at radius 1 is 0.500 bits per heavy atom. The van der Waals surface area contributed by atoms with Crippen LogP contribution in [0, 0.1) is 11.8 Å². The summed E-state index contributed by atoms with van der Waals surface area (Å²) in [4.78, 5) is 0. The van der Waals surface area contributed by atoms with Crippen LogP contribution in [0.3, 0.4) is 0 Å². The van der Waals surface area contributed by atoms with E-state index in [2.05, 4.69) is 20.8 Å². The monoisotopic (exact) mass is 792 g/mol. The molecule has 0 aromatic rings. The van der Waals surface area contributed by atoms with Gasteiger partial charge in [0.1, 0.15) is 0 Å². The fourth-order valence-corrected chi connectivity index (χ4v) is 12.4. The van der Waals surface area contributed by atoms with E-state index in [0.717, 1.165) is 71.0 Å². The lowest BCUT2D eigenvalue weighted by Gasteiger charge is -2.24. The second-order valence-electron chi connectivity index (χ2n) is 15.5. The molecule has 4 atom stereocenters. The van der Waals surface area contributed by atoms with Crippen molar-refractivity contribution in [2.75, 3.05) is 39.3 Å². The predicted molar refractivity (Wildman–Crippen MR) is 207 cm³/mol. The van der Waals surface area contributed by atoms with Crippen LogP contribution in [0.4, 0.5) is 0 Å². The Morgan fingerprint density at radius 3 is 1.28 bits per heavy atom. The third kappa shape index (κ3) is 12.9. The van der Waals surface area contributed by atoms with Crippen molar-refractivity contribution in [2.24, 2.45) is 11.8 Å². The van der Waals surface area contributed by atoms with Gasteiger partial charge in [-0.15, -0.1) is 0 Å². The standard InChI is InChI=1S/2C9H19NO2S.2C8H17NO2S/c1-4-9-5-6-10(7-9)13(11,12)8(2)3;1-4-9-6-5-7-10(9)13(11,12)8(2)3;1-7(2)12(10,11)9-5-4-8(3)6-9;1-7(2)12(10,11)9-6-4-5-8(9)3/h2*8-9H,4-7H2,1-3H3;2*7-8H,4-6H2,1-3H3. The fourth-order valence-electron chi connectivity index (χ4n) is 6.46. The number of nitrogens with zero attached hydrogens (tertiary/aromatic N) is 4. The maximum atomic E-state index is 11.8. The SMILES string of the molecule is CC1CCCN1S(=O)(=O)C(C)C.CC1CCN(S(=O)(=O)C(C)C)C1.CCC1CCCN1S(=O)(=O)C(C)C.CCC1CCN(S(=O)(=O)C(C)C)C1. The topological polar surface area (TPSA) is 150 Å². The molecule has 50 heavy (non-hydrogen) atoms. The first-order valence-corrected chi connectivity index (χ1v) is 24.9. The number of rotatable bonds is 10.